The first-order valence-corrected chi connectivity index (χ1v) is 6.30. The molecule has 4 heteroatoms. The van der Waals surface area contributed by atoms with Crippen molar-refractivity contribution in [3.8, 4) is 0 Å². The third-order valence-electron chi connectivity index (χ3n) is 4.08. The predicted molar refractivity (Wildman–Crippen MR) is 65.6 cm³/mol. The Hall–Kier alpha value is -1.06. The molecule has 0 aromatic carbocycles. The number of carbonyl (C=O) groups is 2. The summed E-state index contributed by atoms with van der Waals surface area (Å²) in [4.78, 5) is 25.0. The number of rotatable bonds is 3. The average Bonchev–Trinajstić information content (AvgIpc) is 2.27. The molecule has 1 heterocycles. The van der Waals surface area contributed by atoms with Crippen molar-refractivity contribution in [2.45, 2.75) is 40.5 Å². The van der Waals surface area contributed by atoms with Crippen LogP contribution in [0.2, 0.25) is 0 Å². The molecule has 1 amide bonds. The SMILES string of the molecule is CC(C)C(C)C(=O)N1CCC(C)(C(=O)O)CC1. The minimum Gasteiger partial charge on any atom is -0.481 e. The van der Waals surface area contributed by atoms with E-state index in [0.717, 1.165) is 0 Å². The minimum atomic E-state index is -0.749. The zero-order valence-electron chi connectivity index (χ0n) is 11.2. The van der Waals surface area contributed by atoms with E-state index in [9.17, 15) is 9.59 Å². The van der Waals surface area contributed by atoms with Gasteiger partial charge >= 0.3 is 5.97 Å². The highest BCUT2D eigenvalue weighted by molar-refractivity contribution is 5.80. The fraction of sp³-hybridized carbons (Fsp3) is 0.846. The molecule has 98 valence electrons. The van der Waals surface area contributed by atoms with E-state index < -0.39 is 11.4 Å². The van der Waals surface area contributed by atoms with Crippen molar-refractivity contribution < 1.29 is 14.7 Å². The van der Waals surface area contributed by atoms with Gasteiger partial charge in [-0.25, -0.2) is 0 Å². The van der Waals surface area contributed by atoms with Crippen molar-refractivity contribution in [1.29, 1.82) is 0 Å². The Balaban J connectivity index is 2.58. The molecule has 1 aliphatic rings. The smallest absolute Gasteiger partial charge is 0.309 e. The van der Waals surface area contributed by atoms with Gasteiger partial charge in [0.25, 0.3) is 0 Å². The van der Waals surface area contributed by atoms with Crippen LogP contribution < -0.4 is 0 Å². The summed E-state index contributed by atoms with van der Waals surface area (Å²) in [7, 11) is 0. The van der Waals surface area contributed by atoms with Gasteiger partial charge in [0.1, 0.15) is 0 Å². The van der Waals surface area contributed by atoms with Gasteiger partial charge in [0.05, 0.1) is 5.41 Å². The molecule has 1 fully saturated rings. The lowest BCUT2D eigenvalue weighted by molar-refractivity contribution is -0.154. The lowest BCUT2D eigenvalue weighted by Gasteiger charge is -2.38. The Kier molecular flexibility index (Phi) is 4.17. The zero-order chi connectivity index (χ0) is 13.2. The van der Waals surface area contributed by atoms with Crippen molar-refractivity contribution in [1.82, 2.24) is 4.90 Å². The Labute approximate surface area is 103 Å². The second kappa shape index (κ2) is 5.07. The summed E-state index contributed by atoms with van der Waals surface area (Å²) in [5, 5.41) is 9.12. The standard InChI is InChI=1S/C13H23NO3/c1-9(2)10(3)11(15)14-7-5-13(4,6-8-14)12(16)17/h9-10H,5-8H2,1-4H3,(H,16,17). The molecule has 0 saturated carbocycles. The highest BCUT2D eigenvalue weighted by atomic mass is 16.4. The van der Waals surface area contributed by atoms with Crippen LogP contribution in [0.25, 0.3) is 0 Å². The van der Waals surface area contributed by atoms with E-state index in [-0.39, 0.29) is 11.8 Å². The summed E-state index contributed by atoms with van der Waals surface area (Å²) >= 11 is 0. The van der Waals surface area contributed by atoms with Crippen molar-refractivity contribution in [2.24, 2.45) is 17.3 Å². The number of carboxylic acids is 1. The van der Waals surface area contributed by atoms with Crippen LogP contribution in [-0.2, 0) is 9.59 Å². The minimum absolute atomic E-state index is 0.0178. The molecule has 0 aliphatic carbocycles. The maximum absolute atomic E-state index is 12.1. The number of likely N-dealkylation sites (tertiary alicyclic amines) is 1. The van der Waals surface area contributed by atoms with Crippen LogP contribution in [0.3, 0.4) is 0 Å². The van der Waals surface area contributed by atoms with Crippen molar-refractivity contribution >= 4 is 11.9 Å². The molecule has 0 radical (unpaired) electrons. The van der Waals surface area contributed by atoms with E-state index in [4.69, 9.17) is 5.11 Å². The number of hydrogen-bond donors (Lipinski definition) is 1. The molecule has 1 N–H and O–H groups in total. The van der Waals surface area contributed by atoms with E-state index in [0.29, 0.717) is 31.8 Å². The van der Waals surface area contributed by atoms with Gasteiger partial charge < -0.3 is 10.0 Å². The van der Waals surface area contributed by atoms with Crippen LogP contribution in [0.1, 0.15) is 40.5 Å². The van der Waals surface area contributed by atoms with Gasteiger partial charge in [0, 0.05) is 19.0 Å². The van der Waals surface area contributed by atoms with Crippen LogP contribution in [0, 0.1) is 17.3 Å². The lowest BCUT2D eigenvalue weighted by Crippen LogP contribution is -2.47. The number of nitrogens with zero attached hydrogens (tertiary/aromatic N) is 1. The number of piperidine rings is 1. The van der Waals surface area contributed by atoms with Crippen molar-refractivity contribution in [2.75, 3.05) is 13.1 Å². The first kappa shape index (κ1) is 14.0. The summed E-state index contributed by atoms with van der Waals surface area (Å²) in [6, 6.07) is 0. The lowest BCUT2D eigenvalue weighted by atomic mass is 9.80. The molecule has 0 bridgehead atoms. The normalized spacial score (nSPS) is 21.4. The maximum atomic E-state index is 12.1. The monoisotopic (exact) mass is 241 g/mol. The molecule has 1 atom stereocenters. The first-order chi connectivity index (χ1) is 7.78. The predicted octanol–water partition coefficient (Wildman–Crippen LogP) is 1.99. The zero-order valence-corrected chi connectivity index (χ0v) is 11.2. The summed E-state index contributed by atoms with van der Waals surface area (Å²) < 4.78 is 0. The largest absolute Gasteiger partial charge is 0.481 e. The first-order valence-electron chi connectivity index (χ1n) is 6.30. The van der Waals surface area contributed by atoms with Gasteiger partial charge in [-0.15, -0.1) is 0 Å². The Morgan fingerprint density at radius 3 is 2.00 bits per heavy atom. The number of carbonyl (C=O) groups excluding carboxylic acids is 1. The van der Waals surface area contributed by atoms with Crippen LogP contribution in [-0.4, -0.2) is 35.0 Å². The number of amides is 1. The topological polar surface area (TPSA) is 57.6 Å². The molecule has 0 spiro atoms. The average molecular weight is 241 g/mol. The van der Waals surface area contributed by atoms with Gasteiger partial charge in [-0.3, -0.25) is 9.59 Å². The van der Waals surface area contributed by atoms with E-state index in [1.807, 2.05) is 25.7 Å². The quantitative estimate of drug-likeness (QED) is 0.822. The van der Waals surface area contributed by atoms with Crippen LogP contribution in [0.4, 0.5) is 0 Å². The summed E-state index contributed by atoms with van der Waals surface area (Å²) in [6.07, 6.45) is 1.11. The Morgan fingerprint density at radius 1 is 1.18 bits per heavy atom. The fourth-order valence-electron chi connectivity index (χ4n) is 2.01. The maximum Gasteiger partial charge on any atom is 0.309 e. The van der Waals surface area contributed by atoms with Crippen LogP contribution >= 0.6 is 0 Å². The molecule has 17 heavy (non-hydrogen) atoms. The molecule has 4 nitrogen and oxygen atoms in total. The van der Waals surface area contributed by atoms with E-state index in [1.165, 1.54) is 0 Å². The number of carboxylic acid groups (broad SMARTS) is 1. The van der Waals surface area contributed by atoms with Gasteiger partial charge in [-0.2, -0.15) is 0 Å². The number of aliphatic carboxylic acids is 1. The van der Waals surface area contributed by atoms with Crippen LogP contribution in [0.5, 0.6) is 0 Å². The molecule has 0 aromatic heterocycles. The third-order valence-corrected chi connectivity index (χ3v) is 4.08. The van der Waals surface area contributed by atoms with Gasteiger partial charge in [0.15, 0.2) is 0 Å². The van der Waals surface area contributed by atoms with E-state index in [1.54, 1.807) is 6.92 Å². The highest BCUT2D eigenvalue weighted by Crippen LogP contribution is 2.31. The second-order valence-corrected chi connectivity index (χ2v) is 5.72. The Bertz CT molecular complexity index is 304. The summed E-state index contributed by atoms with van der Waals surface area (Å²) in [5.41, 5.74) is -0.655. The molecular formula is C13H23NO3. The van der Waals surface area contributed by atoms with Crippen molar-refractivity contribution in [3.05, 3.63) is 0 Å². The van der Waals surface area contributed by atoms with Gasteiger partial charge in [-0.1, -0.05) is 20.8 Å². The fourth-order valence-corrected chi connectivity index (χ4v) is 2.01. The van der Waals surface area contributed by atoms with Gasteiger partial charge in [0.2, 0.25) is 5.91 Å². The summed E-state index contributed by atoms with van der Waals surface area (Å²) in [5.74, 6) is -0.242. The molecule has 1 saturated heterocycles. The van der Waals surface area contributed by atoms with Crippen molar-refractivity contribution in [3.63, 3.8) is 0 Å². The summed E-state index contributed by atoms with van der Waals surface area (Å²) in [6.45, 7) is 8.92. The Morgan fingerprint density at radius 2 is 1.65 bits per heavy atom. The van der Waals surface area contributed by atoms with Gasteiger partial charge in [-0.05, 0) is 25.7 Å². The van der Waals surface area contributed by atoms with E-state index >= 15 is 0 Å². The number of hydrogen-bond acceptors (Lipinski definition) is 2. The molecular weight excluding hydrogens is 218 g/mol. The highest BCUT2D eigenvalue weighted by Gasteiger charge is 2.38. The van der Waals surface area contributed by atoms with E-state index in [2.05, 4.69) is 0 Å². The molecule has 1 rings (SSSR count). The second-order valence-electron chi connectivity index (χ2n) is 5.72. The molecule has 1 aliphatic heterocycles. The third kappa shape index (κ3) is 2.99. The molecule has 0 aromatic rings. The van der Waals surface area contributed by atoms with Crippen LogP contribution in [0.15, 0.2) is 0 Å². The molecule has 1 unspecified atom stereocenters.